The molecule has 5 heteroatoms. The summed E-state index contributed by atoms with van der Waals surface area (Å²) in [6.07, 6.45) is 1.61. The van der Waals surface area contributed by atoms with Crippen molar-refractivity contribution < 1.29 is 4.79 Å². The lowest BCUT2D eigenvalue weighted by Crippen LogP contribution is -2.23. The summed E-state index contributed by atoms with van der Waals surface area (Å²) >= 11 is 1.64. The molecular formula is C17H15N3OS. The fraction of sp³-hybridized carbons (Fsp3) is 0.118. The molecule has 0 atom stereocenters. The van der Waals surface area contributed by atoms with E-state index in [1.165, 1.54) is 0 Å². The largest absolute Gasteiger partial charge is 0.347 e. The van der Waals surface area contributed by atoms with Gasteiger partial charge in [-0.25, -0.2) is 4.98 Å². The number of hydrogen-bond acceptors (Lipinski definition) is 4. The maximum absolute atomic E-state index is 11.9. The summed E-state index contributed by atoms with van der Waals surface area (Å²) in [6, 6.07) is 13.3. The predicted molar refractivity (Wildman–Crippen MR) is 87.7 cm³/mol. The Hall–Kier alpha value is -2.53. The Balaban J connectivity index is 1.63. The lowest BCUT2D eigenvalue weighted by molar-refractivity contribution is 0.0946. The van der Waals surface area contributed by atoms with Gasteiger partial charge < -0.3 is 5.32 Å². The zero-order chi connectivity index (χ0) is 15.4. The molecule has 0 aliphatic rings. The summed E-state index contributed by atoms with van der Waals surface area (Å²) in [5, 5.41) is 5.97. The fourth-order valence-corrected chi connectivity index (χ4v) is 2.68. The molecule has 0 unspecified atom stereocenters. The highest BCUT2D eigenvalue weighted by Crippen LogP contribution is 2.21. The lowest BCUT2D eigenvalue weighted by atomic mass is 10.1. The highest BCUT2D eigenvalue weighted by atomic mass is 32.1. The second-order valence-electron chi connectivity index (χ2n) is 4.85. The number of hydrogen-bond donors (Lipinski definition) is 1. The average molecular weight is 309 g/mol. The van der Waals surface area contributed by atoms with E-state index in [4.69, 9.17) is 0 Å². The fourth-order valence-electron chi connectivity index (χ4n) is 2.06. The van der Waals surface area contributed by atoms with Gasteiger partial charge >= 0.3 is 0 Å². The van der Waals surface area contributed by atoms with Gasteiger partial charge in [-0.15, -0.1) is 11.3 Å². The quantitative estimate of drug-likeness (QED) is 0.803. The van der Waals surface area contributed by atoms with Crippen LogP contribution in [0.25, 0.3) is 11.3 Å². The Morgan fingerprint density at radius 1 is 1.18 bits per heavy atom. The summed E-state index contributed by atoms with van der Waals surface area (Å²) in [5.74, 6) is -0.167. The van der Waals surface area contributed by atoms with Gasteiger partial charge in [-0.2, -0.15) is 0 Å². The van der Waals surface area contributed by atoms with Crippen molar-refractivity contribution in [3.05, 3.63) is 70.3 Å². The SMILES string of the molecule is Cc1nc(-c2ccc(CNC(=O)c3ccccn3)cc2)cs1. The van der Waals surface area contributed by atoms with Crippen LogP contribution in [0.3, 0.4) is 0 Å². The summed E-state index contributed by atoms with van der Waals surface area (Å²) in [5.41, 5.74) is 3.55. The van der Waals surface area contributed by atoms with Crippen LogP contribution in [0.2, 0.25) is 0 Å². The van der Waals surface area contributed by atoms with Crippen LogP contribution in [-0.2, 0) is 6.54 Å². The van der Waals surface area contributed by atoms with E-state index in [9.17, 15) is 4.79 Å². The van der Waals surface area contributed by atoms with Gasteiger partial charge in [0.1, 0.15) is 5.69 Å². The molecule has 22 heavy (non-hydrogen) atoms. The highest BCUT2D eigenvalue weighted by Gasteiger charge is 2.06. The molecule has 0 spiro atoms. The molecule has 3 rings (SSSR count). The third kappa shape index (κ3) is 3.38. The Morgan fingerprint density at radius 2 is 2.00 bits per heavy atom. The van der Waals surface area contributed by atoms with Crippen LogP contribution < -0.4 is 5.32 Å². The van der Waals surface area contributed by atoms with Crippen LogP contribution in [0.15, 0.2) is 54.0 Å². The molecule has 0 fully saturated rings. The van der Waals surface area contributed by atoms with E-state index in [1.54, 1.807) is 35.7 Å². The van der Waals surface area contributed by atoms with Crippen molar-refractivity contribution in [1.82, 2.24) is 15.3 Å². The third-order valence-electron chi connectivity index (χ3n) is 3.22. The maximum Gasteiger partial charge on any atom is 0.270 e. The molecule has 0 radical (unpaired) electrons. The number of aromatic nitrogens is 2. The van der Waals surface area contributed by atoms with Crippen molar-refractivity contribution in [2.24, 2.45) is 0 Å². The van der Waals surface area contributed by atoms with E-state index in [0.717, 1.165) is 21.8 Å². The summed E-state index contributed by atoms with van der Waals surface area (Å²) in [6.45, 7) is 2.47. The van der Waals surface area contributed by atoms with Crippen LogP contribution in [-0.4, -0.2) is 15.9 Å². The second-order valence-corrected chi connectivity index (χ2v) is 5.91. The second kappa shape index (κ2) is 6.49. The van der Waals surface area contributed by atoms with E-state index in [-0.39, 0.29) is 5.91 Å². The number of rotatable bonds is 4. The zero-order valence-corrected chi connectivity index (χ0v) is 12.9. The van der Waals surface area contributed by atoms with E-state index in [2.05, 4.69) is 15.3 Å². The first kappa shape index (κ1) is 14.4. The number of nitrogens with one attached hydrogen (secondary N) is 1. The Labute approximate surface area is 132 Å². The minimum atomic E-state index is -0.167. The number of amides is 1. The molecule has 0 saturated carbocycles. The van der Waals surface area contributed by atoms with Crippen molar-refractivity contribution in [3.63, 3.8) is 0 Å². The van der Waals surface area contributed by atoms with Gasteiger partial charge in [-0.3, -0.25) is 9.78 Å². The number of carbonyl (C=O) groups excluding carboxylic acids is 1. The Kier molecular flexibility index (Phi) is 4.25. The molecule has 0 aliphatic heterocycles. The molecule has 0 aliphatic carbocycles. The van der Waals surface area contributed by atoms with Crippen molar-refractivity contribution in [2.45, 2.75) is 13.5 Å². The number of thiazole rings is 1. The van der Waals surface area contributed by atoms with Crippen molar-refractivity contribution in [1.29, 1.82) is 0 Å². The van der Waals surface area contributed by atoms with Gasteiger partial charge in [-0.05, 0) is 24.6 Å². The van der Waals surface area contributed by atoms with Gasteiger partial charge in [0.2, 0.25) is 0 Å². The Bertz CT molecular complexity index is 766. The number of nitrogens with zero attached hydrogens (tertiary/aromatic N) is 2. The number of pyridine rings is 1. The minimum absolute atomic E-state index is 0.167. The van der Waals surface area contributed by atoms with Crippen LogP contribution in [0.5, 0.6) is 0 Å². The first-order chi connectivity index (χ1) is 10.7. The predicted octanol–water partition coefficient (Wildman–Crippen LogP) is 3.44. The molecular weight excluding hydrogens is 294 g/mol. The van der Waals surface area contributed by atoms with E-state index in [1.807, 2.05) is 36.6 Å². The lowest BCUT2D eigenvalue weighted by Gasteiger charge is -2.05. The highest BCUT2D eigenvalue weighted by molar-refractivity contribution is 7.09. The van der Waals surface area contributed by atoms with Crippen LogP contribution >= 0.6 is 11.3 Å². The van der Waals surface area contributed by atoms with Crippen LogP contribution in [0, 0.1) is 6.92 Å². The molecule has 2 aromatic heterocycles. The number of aryl methyl sites for hydroxylation is 1. The summed E-state index contributed by atoms with van der Waals surface area (Å²) < 4.78 is 0. The molecule has 4 nitrogen and oxygen atoms in total. The molecule has 2 heterocycles. The zero-order valence-electron chi connectivity index (χ0n) is 12.1. The van der Waals surface area contributed by atoms with Crippen molar-refractivity contribution in [2.75, 3.05) is 0 Å². The number of carbonyl (C=O) groups is 1. The maximum atomic E-state index is 11.9. The first-order valence-electron chi connectivity index (χ1n) is 6.93. The molecule has 3 aromatic rings. The van der Waals surface area contributed by atoms with E-state index < -0.39 is 0 Å². The van der Waals surface area contributed by atoms with Crippen molar-refractivity contribution in [3.8, 4) is 11.3 Å². The Morgan fingerprint density at radius 3 is 2.64 bits per heavy atom. The molecule has 1 N–H and O–H groups in total. The number of benzene rings is 1. The van der Waals surface area contributed by atoms with E-state index >= 15 is 0 Å². The smallest absolute Gasteiger partial charge is 0.270 e. The molecule has 0 bridgehead atoms. The van der Waals surface area contributed by atoms with Gasteiger partial charge in [0.15, 0.2) is 0 Å². The minimum Gasteiger partial charge on any atom is -0.347 e. The van der Waals surface area contributed by atoms with Crippen molar-refractivity contribution >= 4 is 17.2 Å². The van der Waals surface area contributed by atoms with Gasteiger partial charge in [-0.1, -0.05) is 30.3 Å². The first-order valence-corrected chi connectivity index (χ1v) is 7.81. The van der Waals surface area contributed by atoms with Gasteiger partial charge in [0.25, 0.3) is 5.91 Å². The van der Waals surface area contributed by atoms with Crippen LogP contribution in [0.4, 0.5) is 0 Å². The monoisotopic (exact) mass is 309 g/mol. The topological polar surface area (TPSA) is 54.9 Å². The molecule has 1 amide bonds. The normalized spacial score (nSPS) is 10.4. The van der Waals surface area contributed by atoms with Crippen LogP contribution in [0.1, 0.15) is 21.1 Å². The van der Waals surface area contributed by atoms with Gasteiger partial charge in [0, 0.05) is 23.7 Å². The average Bonchev–Trinajstić information content (AvgIpc) is 3.00. The third-order valence-corrected chi connectivity index (χ3v) is 3.99. The molecule has 0 saturated heterocycles. The summed E-state index contributed by atoms with van der Waals surface area (Å²) in [4.78, 5) is 20.4. The standard InChI is InChI=1S/C17H15N3OS/c1-12-20-16(11-22-12)14-7-5-13(6-8-14)10-19-17(21)15-4-2-3-9-18-15/h2-9,11H,10H2,1H3,(H,19,21). The van der Waals surface area contributed by atoms with Gasteiger partial charge in [0.05, 0.1) is 10.7 Å². The molecule has 110 valence electrons. The van der Waals surface area contributed by atoms with E-state index in [0.29, 0.717) is 12.2 Å². The molecule has 1 aromatic carbocycles. The summed E-state index contributed by atoms with van der Waals surface area (Å²) in [7, 11) is 0.